The standard InChI is InChI=1S/C23H26N2O4S/c1-17-11-13-20(14-12-17)29-16-18(2)24-23(26)15-25(30(3,27)28)22-10-6-8-19-7-4-5-9-21(19)22/h4-14,18H,15-16H2,1-3H3,(H,24,26)/t18-/m1/s1. The number of anilines is 1. The van der Waals surface area contributed by atoms with E-state index in [0.717, 1.165) is 32.6 Å². The highest BCUT2D eigenvalue weighted by atomic mass is 32.2. The second-order valence-electron chi connectivity index (χ2n) is 7.36. The predicted molar refractivity (Wildman–Crippen MR) is 120 cm³/mol. The molecule has 3 aromatic rings. The van der Waals surface area contributed by atoms with Gasteiger partial charge >= 0.3 is 0 Å². The van der Waals surface area contributed by atoms with Crippen LogP contribution in [0.4, 0.5) is 5.69 Å². The van der Waals surface area contributed by atoms with E-state index in [9.17, 15) is 13.2 Å². The van der Waals surface area contributed by atoms with Crippen LogP contribution >= 0.6 is 0 Å². The first kappa shape index (κ1) is 21.6. The zero-order chi connectivity index (χ0) is 21.7. The summed E-state index contributed by atoms with van der Waals surface area (Å²) in [6.07, 6.45) is 1.10. The average molecular weight is 427 g/mol. The SMILES string of the molecule is Cc1ccc(OC[C@@H](C)NC(=O)CN(c2cccc3ccccc23)S(C)(=O)=O)cc1. The molecule has 0 radical (unpaired) electrons. The van der Waals surface area contributed by atoms with Crippen molar-refractivity contribution in [1.82, 2.24) is 5.32 Å². The third-order valence-corrected chi connectivity index (χ3v) is 5.78. The maximum atomic E-state index is 12.6. The number of benzene rings is 3. The van der Waals surface area contributed by atoms with E-state index >= 15 is 0 Å². The summed E-state index contributed by atoms with van der Waals surface area (Å²) in [5, 5.41) is 4.49. The van der Waals surface area contributed by atoms with E-state index < -0.39 is 15.9 Å². The van der Waals surface area contributed by atoms with Gasteiger partial charge < -0.3 is 10.1 Å². The molecule has 1 N–H and O–H groups in total. The maximum Gasteiger partial charge on any atom is 0.241 e. The molecule has 158 valence electrons. The topological polar surface area (TPSA) is 75.7 Å². The summed E-state index contributed by atoms with van der Waals surface area (Å²) in [7, 11) is -3.66. The zero-order valence-corrected chi connectivity index (χ0v) is 18.1. The molecule has 0 saturated carbocycles. The summed E-state index contributed by atoms with van der Waals surface area (Å²) in [6.45, 7) is 3.79. The molecule has 0 aromatic heterocycles. The number of nitrogens with one attached hydrogen (secondary N) is 1. The third kappa shape index (κ3) is 5.51. The van der Waals surface area contributed by atoms with Crippen molar-refractivity contribution in [2.45, 2.75) is 19.9 Å². The predicted octanol–water partition coefficient (Wildman–Crippen LogP) is 3.50. The Balaban J connectivity index is 1.69. The molecule has 1 amide bonds. The molecular formula is C23H26N2O4S. The van der Waals surface area contributed by atoms with Gasteiger partial charge in [0, 0.05) is 5.39 Å². The molecule has 0 unspecified atom stereocenters. The monoisotopic (exact) mass is 426 g/mol. The van der Waals surface area contributed by atoms with Crippen molar-refractivity contribution in [1.29, 1.82) is 0 Å². The molecule has 0 aliphatic heterocycles. The van der Waals surface area contributed by atoms with Crippen LogP contribution in [0.3, 0.4) is 0 Å². The fraction of sp³-hybridized carbons (Fsp3) is 0.261. The number of fused-ring (bicyclic) bond motifs is 1. The van der Waals surface area contributed by atoms with Crippen molar-refractivity contribution in [3.63, 3.8) is 0 Å². The van der Waals surface area contributed by atoms with Crippen LogP contribution in [0.2, 0.25) is 0 Å². The molecular weight excluding hydrogens is 400 g/mol. The Morgan fingerprint density at radius 3 is 2.40 bits per heavy atom. The van der Waals surface area contributed by atoms with Crippen molar-refractivity contribution in [2.24, 2.45) is 0 Å². The highest BCUT2D eigenvalue weighted by molar-refractivity contribution is 7.92. The zero-order valence-electron chi connectivity index (χ0n) is 17.3. The van der Waals surface area contributed by atoms with Gasteiger partial charge in [0.1, 0.15) is 18.9 Å². The summed E-state index contributed by atoms with van der Waals surface area (Å²) >= 11 is 0. The molecule has 0 fully saturated rings. The Kier molecular flexibility index (Phi) is 6.62. The molecule has 0 aliphatic carbocycles. The van der Waals surface area contributed by atoms with Gasteiger partial charge in [0.2, 0.25) is 15.9 Å². The van der Waals surface area contributed by atoms with Gasteiger partial charge in [0.25, 0.3) is 0 Å². The molecule has 3 aromatic carbocycles. The van der Waals surface area contributed by atoms with E-state index in [1.807, 2.05) is 68.4 Å². The van der Waals surface area contributed by atoms with Gasteiger partial charge in [0.15, 0.2) is 0 Å². The molecule has 0 aliphatic rings. The Hall–Kier alpha value is -3.06. The first-order valence-electron chi connectivity index (χ1n) is 9.68. The second-order valence-corrected chi connectivity index (χ2v) is 9.27. The normalized spacial score (nSPS) is 12.4. The Morgan fingerprint density at radius 2 is 1.70 bits per heavy atom. The van der Waals surface area contributed by atoms with Gasteiger partial charge in [-0.1, -0.05) is 54.1 Å². The molecule has 7 heteroatoms. The number of hydrogen-bond donors (Lipinski definition) is 1. The van der Waals surface area contributed by atoms with Crippen LogP contribution in [-0.4, -0.2) is 39.8 Å². The molecule has 1 atom stereocenters. The molecule has 0 saturated heterocycles. The molecule has 0 spiro atoms. The number of aryl methyl sites for hydroxylation is 1. The molecule has 0 heterocycles. The van der Waals surface area contributed by atoms with Gasteiger partial charge in [0.05, 0.1) is 18.0 Å². The summed E-state index contributed by atoms with van der Waals surface area (Å²) in [5.74, 6) is 0.323. The number of sulfonamides is 1. The molecule has 30 heavy (non-hydrogen) atoms. The van der Waals surface area contributed by atoms with Crippen LogP contribution in [0, 0.1) is 6.92 Å². The number of amides is 1. The van der Waals surface area contributed by atoms with E-state index in [4.69, 9.17) is 4.74 Å². The minimum Gasteiger partial charge on any atom is -0.491 e. The van der Waals surface area contributed by atoms with Gasteiger partial charge in [-0.2, -0.15) is 0 Å². The Morgan fingerprint density at radius 1 is 1.03 bits per heavy atom. The quantitative estimate of drug-likeness (QED) is 0.598. The number of nitrogens with zero attached hydrogens (tertiary/aromatic N) is 1. The highest BCUT2D eigenvalue weighted by Gasteiger charge is 2.23. The summed E-state index contributed by atoms with van der Waals surface area (Å²) in [5.41, 5.74) is 1.62. The Bertz CT molecular complexity index is 1120. The number of ether oxygens (including phenoxy) is 1. The fourth-order valence-corrected chi connectivity index (χ4v) is 4.02. The second kappa shape index (κ2) is 9.17. The van der Waals surface area contributed by atoms with E-state index in [-0.39, 0.29) is 19.2 Å². The van der Waals surface area contributed by atoms with Crippen LogP contribution in [0.5, 0.6) is 5.75 Å². The van der Waals surface area contributed by atoms with E-state index in [2.05, 4.69) is 5.32 Å². The smallest absolute Gasteiger partial charge is 0.241 e. The van der Waals surface area contributed by atoms with Gasteiger partial charge in [-0.15, -0.1) is 0 Å². The maximum absolute atomic E-state index is 12.6. The van der Waals surface area contributed by atoms with Crippen LogP contribution < -0.4 is 14.4 Å². The van der Waals surface area contributed by atoms with Crippen molar-refractivity contribution in [2.75, 3.05) is 23.7 Å². The van der Waals surface area contributed by atoms with Crippen molar-refractivity contribution < 1.29 is 17.9 Å². The van der Waals surface area contributed by atoms with Crippen LogP contribution in [0.1, 0.15) is 12.5 Å². The summed E-state index contributed by atoms with van der Waals surface area (Å²) in [6, 6.07) is 20.2. The highest BCUT2D eigenvalue weighted by Crippen LogP contribution is 2.28. The lowest BCUT2D eigenvalue weighted by Crippen LogP contribution is -2.45. The van der Waals surface area contributed by atoms with Crippen molar-refractivity contribution >= 4 is 32.4 Å². The lowest BCUT2D eigenvalue weighted by atomic mass is 10.1. The third-order valence-electron chi connectivity index (χ3n) is 4.65. The minimum atomic E-state index is -3.66. The first-order valence-corrected chi connectivity index (χ1v) is 11.5. The number of carbonyl (C=O) groups is 1. The summed E-state index contributed by atoms with van der Waals surface area (Å²) < 4.78 is 31.7. The van der Waals surface area contributed by atoms with Crippen LogP contribution in [0.15, 0.2) is 66.7 Å². The van der Waals surface area contributed by atoms with E-state index in [1.54, 1.807) is 12.1 Å². The molecule has 3 rings (SSSR count). The van der Waals surface area contributed by atoms with Gasteiger partial charge in [-0.25, -0.2) is 8.42 Å². The van der Waals surface area contributed by atoms with Gasteiger partial charge in [-0.05, 0) is 37.4 Å². The van der Waals surface area contributed by atoms with Crippen molar-refractivity contribution in [3.05, 3.63) is 72.3 Å². The Labute approximate surface area is 177 Å². The largest absolute Gasteiger partial charge is 0.491 e. The van der Waals surface area contributed by atoms with E-state index in [1.165, 1.54) is 0 Å². The number of rotatable bonds is 8. The lowest BCUT2D eigenvalue weighted by molar-refractivity contribution is -0.120. The van der Waals surface area contributed by atoms with Crippen molar-refractivity contribution in [3.8, 4) is 5.75 Å². The van der Waals surface area contributed by atoms with E-state index in [0.29, 0.717) is 5.69 Å². The van der Waals surface area contributed by atoms with Crippen LogP contribution in [-0.2, 0) is 14.8 Å². The molecule has 6 nitrogen and oxygen atoms in total. The minimum absolute atomic E-state index is 0.280. The first-order chi connectivity index (χ1) is 14.2. The van der Waals surface area contributed by atoms with Gasteiger partial charge in [-0.3, -0.25) is 9.10 Å². The molecule has 0 bridgehead atoms. The van der Waals surface area contributed by atoms with Crippen LogP contribution in [0.25, 0.3) is 10.8 Å². The lowest BCUT2D eigenvalue weighted by Gasteiger charge is -2.24. The number of hydrogen-bond acceptors (Lipinski definition) is 4. The summed E-state index contributed by atoms with van der Waals surface area (Å²) in [4.78, 5) is 12.6. The number of carbonyl (C=O) groups excluding carboxylic acids is 1. The average Bonchev–Trinajstić information content (AvgIpc) is 2.70. The fourth-order valence-electron chi connectivity index (χ4n) is 3.16.